The van der Waals surface area contributed by atoms with Crippen molar-refractivity contribution in [2.75, 3.05) is 13.7 Å². The van der Waals surface area contributed by atoms with Crippen molar-refractivity contribution >= 4 is 24.0 Å². The minimum absolute atomic E-state index is 0. The molecule has 0 heterocycles. The summed E-state index contributed by atoms with van der Waals surface area (Å²) in [5.41, 5.74) is 3.57. The van der Waals surface area contributed by atoms with Crippen LogP contribution in [0.3, 0.4) is 0 Å². The van der Waals surface area contributed by atoms with Gasteiger partial charge in [0.15, 0.2) is 11.5 Å². The van der Waals surface area contributed by atoms with Crippen molar-refractivity contribution in [1.29, 1.82) is 0 Å². The average Bonchev–Trinajstić information content (AvgIpc) is 2.72. The molecule has 0 saturated heterocycles. The van der Waals surface area contributed by atoms with Gasteiger partial charge in [-0.2, -0.15) is 0 Å². The van der Waals surface area contributed by atoms with E-state index >= 15 is 0 Å². The average molecular weight is 418 g/mol. The summed E-state index contributed by atoms with van der Waals surface area (Å²) in [7, 11) is 1.67. The smallest absolute Gasteiger partial charge is 0.161 e. The third-order valence-electron chi connectivity index (χ3n) is 4.30. The lowest BCUT2D eigenvalue weighted by Crippen LogP contribution is -2.16. The Morgan fingerprint density at radius 3 is 2.25 bits per heavy atom. The van der Waals surface area contributed by atoms with Gasteiger partial charge in [-0.3, -0.25) is 0 Å². The molecule has 3 nitrogen and oxygen atoms in total. The summed E-state index contributed by atoms with van der Waals surface area (Å²) in [6.45, 7) is 2.20. The maximum Gasteiger partial charge on any atom is 0.161 e. The standard InChI is InChI=1S/C23H24ClNO2.ClH/c1-26-23-15-20(16-25-14-13-18-7-10-21(24)11-8-18)9-12-22(23)27-17-19-5-3-2-4-6-19;/h2-12,15,25H,13-14,16-17H2,1H3;1H. The summed E-state index contributed by atoms with van der Waals surface area (Å²) in [6, 6.07) is 24.1. The van der Waals surface area contributed by atoms with Crippen LogP contribution in [-0.2, 0) is 19.6 Å². The predicted molar refractivity (Wildman–Crippen MR) is 118 cm³/mol. The maximum absolute atomic E-state index is 5.91. The highest BCUT2D eigenvalue weighted by molar-refractivity contribution is 6.30. The predicted octanol–water partition coefficient (Wildman–Crippen LogP) is 5.68. The largest absolute Gasteiger partial charge is 0.493 e. The van der Waals surface area contributed by atoms with Gasteiger partial charge in [-0.05, 0) is 53.9 Å². The molecule has 0 aliphatic rings. The molecule has 0 aliphatic heterocycles. The highest BCUT2D eigenvalue weighted by atomic mass is 35.5. The van der Waals surface area contributed by atoms with E-state index in [1.165, 1.54) is 5.56 Å². The van der Waals surface area contributed by atoms with Crippen LogP contribution in [-0.4, -0.2) is 13.7 Å². The molecule has 0 spiro atoms. The molecule has 0 atom stereocenters. The molecule has 3 aromatic rings. The second-order valence-electron chi connectivity index (χ2n) is 6.31. The molecule has 3 aromatic carbocycles. The second kappa shape index (κ2) is 11.6. The third-order valence-corrected chi connectivity index (χ3v) is 4.55. The first-order valence-corrected chi connectivity index (χ1v) is 9.41. The Hall–Kier alpha value is -2.20. The Kier molecular flexibility index (Phi) is 9.15. The minimum Gasteiger partial charge on any atom is -0.493 e. The Bertz CT molecular complexity index is 839. The zero-order valence-electron chi connectivity index (χ0n) is 15.9. The monoisotopic (exact) mass is 417 g/mol. The van der Waals surface area contributed by atoms with E-state index in [-0.39, 0.29) is 12.4 Å². The molecule has 148 valence electrons. The minimum atomic E-state index is 0. The van der Waals surface area contributed by atoms with Crippen molar-refractivity contribution in [3.05, 3.63) is 94.5 Å². The number of hydrogen-bond acceptors (Lipinski definition) is 3. The van der Waals surface area contributed by atoms with Gasteiger partial charge in [0.25, 0.3) is 0 Å². The summed E-state index contributed by atoms with van der Waals surface area (Å²) >= 11 is 5.91. The normalized spacial score (nSPS) is 10.2. The number of nitrogens with one attached hydrogen (secondary N) is 1. The SMILES string of the molecule is COc1cc(CNCCc2ccc(Cl)cc2)ccc1OCc1ccccc1.Cl. The Morgan fingerprint density at radius 2 is 1.54 bits per heavy atom. The van der Waals surface area contributed by atoms with Gasteiger partial charge in [0.2, 0.25) is 0 Å². The van der Waals surface area contributed by atoms with E-state index < -0.39 is 0 Å². The summed E-state index contributed by atoms with van der Waals surface area (Å²) < 4.78 is 11.4. The molecule has 28 heavy (non-hydrogen) atoms. The molecule has 0 fully saturated rings. The summed E-state index contributed by atoms with van der Waals surface area (Å²) in [5.74, 6) is 1.51. The number of ether oxygens (including phenoxy) is 2. The van der Waals surface area contributed by atoms with Crippen molar-refractivity contribution in [1.82, 2.24) is 5.32 Å². The van der Waals surface area contributed by atoms with E-state index in [1.807, 2.05) is 54.6 Å². The van der Waals surface area contributed by atoms with Crippen LogP contribution in [0.2, 0.25) is 5.02 Å². The molecule has 0 amide bonds. The number of benzene rings is 3. The molecule has 3 rings (SSSR count). The van der Waals surface area contributed by atoms with E-state index in [0.29, 0.717) is 6.61 Å². The second-order valence-corrected chi connectivity index (χ2v) is 6.75. The van der Waals surface area contributed by atoms with Crippen LogP contribution in [0.5, 0.6) is 11.5 Å². The fraction of sp³-hybridized carbons (Fsp3) is 0.217. The van der Waals surface area contributed by atoms with Crippen molar-refractivity contribution in [2.24, 2.45) is 0 Å². The third kappa shape index (κ3) is 6.75. The lowest BCUT2D eigenvalue weighted by molar-refractivity contribution is 0.284. The lowest BCUT2D eigenvalue weighted by atomic mass is 10.1. The molecule has 0 aliphatic carbocycles. The zero-order valence-corrected chi connectivity index (χ0v) is 17.4. The van der Waals surface area contributed by atoms with Crippen LogP contribution < -0.4 is 14.8 Å². The van der Waals surface area contributed by atoms with E-state index in [4.69, 9.17) is 21.1 Å². The Balaban J connectivity index is 0.00000280. The molecule has 0 bridgehead atoms. The number of halogens is 2. The highest BCUT2D eigenvalue weighted by Crippen LogP contribution is 2.28. The van der Waals surface area contributed by atoms with Crippen LogP contribution in [0.25, 0.3) is 0 Å². The van der Waals surface area contributed by atoms with Gasteiger partial charge in [-0.25, -0.2) is 0 Å². The fourth-order valence-corrected chi connectivity index (χ4v) is 2.92. The maximum atomic E-state index is 5.91. The van der Waals surface area contributed by atoms with Crippen molar-refractivity contribution < 1.29 is 9.47 Å². The molecule has 0 radical (unpaired) electrons. The van der Waals surface area contributed by atoms with Crippen LogP contribution in [0.1, 0.15) is 16.7 Å². The molecule has 5 heteroatoms. The van der Waals surface area contributed by atoms with Gasteiger partial charge >= 0.3 is 0 Å². The first-order valence-electron chi connectivity index (χ1n) is 9.03. The first kappa shape index (κ1) is 22.1. The van der Waals surface area contributed by atoms with Gasteiger partial charge < -0.3 is 14.8 Å². The van der Waals surface area contributed by atoms with Crippen molar-refractivity contribution in [2.45, 2.75) is 19.6 Å². The van der Waals surface area contributed by atoms with Gasteiger partial charge in [0.1, 0.15) is 6.61 Å². The van der Waals surface area contributed by atoms with Gasteiger partial charge in [-0.15, -0.1) is 12.4 Å². The Morgan fingerprint density at radius 1 is 0.821 bits per heavy atom. The van der Waals surface area contributed by atoms with Gasteiger partial charge in [0.05, 0.1) is 7.11 Å². The summed E-state index contributed by atoms with van der Waals surface area (Å²) in [6.07, 6.45) is 0.965. The lowest BCUT2D eigenvalue weighted by Gasteiger charge is -2.13. The topological polar surface area (TPSA) is 30.5 Å². The van der Waals surface area contributed by atoms with E-state index in [2.05, 4.69) is 23.5 Å². The Labute approximate surface area is 178 Å². The van der Waals surface area contributed by atoms with E-state index in [1.54, 1.807) is 7.11 Å². The summed E-state index contributed by atoms with van der Waals surface area (Å²) in [5, 5.41) is 4.24. The fourth-order valence-electron chi connectivity index (χ4n) is 2.79. The molecule has 0 unspecified atom stereocenters. The van der Waals surface area contributed by atoms with Crippen LogP contribution in [0.4, 0.5) is 0 Å². The van der Waals surface area contributed by atoms with Crippen LogP contribution >= 0.6 is 24.0 Å². The number of rotatable bonds is 9. The highest BCUT2D eigenvalue weighted by Gasteiger charge is 2.06. The summed E-state index contributed by atoms with van der Waals surface area (Å²) in [4.78, 5) is 0. The molecule has 1 N–H and O–H groups in total. The molecular formula is C23H25Cl2NO2. The van der Waals surface area contributed by atoms with Crippen molar-refractivity contribution in [3.8, 4) is 11.5 Å². The van der Waals surface area contributed by atoms with Gasteiger partial charge in [-0.1, -0.05) is 60.1 Å². The number of hydrogen-bond donors (Lipinski definition) is 1. The van der Waals surface area contributed by atoms with Crippen LogP contribution in [0.15, 0.2) is 72.8 Å². The molecular weight excluding hydrogens is 393 g/mol. The molecule has 0 saturated carbocycles. The quantitative estimate of drug-likeness (QED) is 0.454. The van der Waals surface area contributed by atoms with E-state index in [0.717, 1.165) is 47.2 Å². The van der Waals surface area contributed by atoms with Crippen molar-refractivity contribution in [3.63, 3.8) is 0 Å². The van der Waals surface area contributed by atoms with E-state index in [9.17, 15) is 0 Å². The first-order chi connectivity index (χ1) is 13.2. The van der Waals surface area contributed by atoms with Crippen LogP contribution in [0, 0.1) is 0 Å². The molecule has 0 aromatic heterocycles. The number of methoxy groups -OCH3 is 1. The van der Waals surface area contributed by atoms with Gasteiger partial charge in [0, 0.05) is 11.6 Å². The zero-order chi connectivity index (χ0) is 18.9.